The molecule has 1 aliphatic rings. The summed E-state index contributed by atoms with van der Waals surface area (Å²) in [5, 5.41) is 0. The lowest BCUT2D eigenvalue weighted by molar-refractivity contribution is 0.107. The molecule has 1 aliphatic carbocycles. The second-order valence-corrected chi connectivity index (χ2v) is 6.10. The Balaban J connectivity index is 2.11. The van der Waals surface area contributed by atoms with Crippen molar-refractivity contribution in [1.82, 2.24) is 0 Å². The number of hydrogen-bond donors (Lipinski definition) is 1. The van der Waals surface area contributed by atoms with Gasteiger partial charge in [0, 0.05) is 19.3 Å². The van der Waals surface area contributed by atoms with Crippen LogP contribution in [0.25, 0.3) is 0 Å². The Morgan fingerprint density at radius 1 is 1.32 bits per heavy atom. The molecule has 1 aromatic rings. The van der Waals surface area contributed by atoms with Gasteiger partial charge >= 0.3 is 0 Å². The van der Waals surface area contributed by atoms with Gasteiger partial charge in [-0.15, -0.1) is 0 Å². The van der Waals surface area contributed by atoms with Crippen LogP contribution >= 0.6 is 0 Å². The van der Waals surface area contributed by atoms with Crippen LogP contribution in [-0.2, 0) is 0 Å². The van der Waals surface area contributed by atoms with Crippen molar-refractivity contribution in [2.75, 3.05) is 25.6 Å². The van der Waals surface area contributed by atoms with Gasteiger partial charge in [0.15, 0.2) is 0 Å². The third-order valence-corrected chi connectivity index (χ3v) is 4.78. The molecule has 1 saturated carbocycles. The van der Waals surface area contributed by atoms with Crippen LogP contribution in [0.15, 0.2) is 24.3 Å². The third kappa shape index (κ3) is 2.57. The predicted octanol–water partition coefficient (Wildman–Crippen LogP) is 2.89. The van der Waals surface area contributed by atoms with Crippen LogP contribution in [-0.4, -0.2) is 26.2 Å². The van der Waals surface area contributed by atoms with Crippen molar-refractivity contribution >= 4 is 5.69 Å². The molecule has 0 aromatic heterocycles. The molecule has 106 valence electrons. The lowest BCUT2D eigenvalue weighted by Gasteiger charge is -2.55. The van der Waals surface area contributed by atoms with Crippen LogP contribution in [0.3, 0.4) is 0 Å². The van der Waals surface area contributed by atoms with Crippen molar-refractivity contribution in [2.45, 2.75) is 32.2 Å². The van der Waals surface area contributed by atoms with Gasteiger partial charge in [0.2, 0.25) is 0 Å². The maximum atomic E-state index is 6.06. The molecular weight excluding hydrogens is 236 g/mol. The lowest BCUT2D eigenvalue weighted by atomic mass is 9.63. The summed E-state index contributed by atoms with van der Waals surface area (Å²) in [6.45, 7) is 5.33. The van der Waals surface area contributed by atoms with Crippen LogP contribution < -0.4 is 15.4 Å². The molecule has 0 unspecified atom stereocenters. The van der Waals surface area contributed by atoms with Gasteiger partial charge in [-0.05, 0) is 48.9 Å². The number of ether oxygens (including phenoxy) is 1. The largest absolute Gasteiger partial charge is 0.497 e. The summed E-state index contributed by atoms with van der Waals surface area (Å²) < 4.78 is 5.21. The van der Waals surface area contributed by atoms with Crippen LogP contribution in [0, 0.1) is 11.8 Å². The van der Waals surface area contributed by atoms with E-state index in [-0.39, 0.29) is 5.54 Å². The number of hydrogen-bond acceptors (Lipinski definition) is 3. The highest BCUT2D eigenvalue weighted by Crippen LogP contribution is 2.46. The zero-order chi connectivity index (χ0) is 14.0. The summed E-state index contributed by atoms with van der Waals surface area (Å²) in [4.78, 5) is 2.35. The molecule has 0 saturated heterocycles. The first-order valence-corrected chi connectivity index (χ1v) is 7.10. The summed E-state index contributed by atoms with van der Waals surface area (Å²) in [7, 11) is 3.85. The summed E-state index contributed by atoms with van der Waals surface area (Å²) in [6.07, 6.45) is 2.40. The molecule has 2 N–H and O–H groups in total. The van der Waals surface area contributed by atoms with Gasteiger partial charge in [-0.1, -0.05) is 13.8 Å². The maximum Gasteiger partial charge on any atom is 0.119 e. The van der Waals surface area contributed by atoms with E-state index in [4.69, 9.17) is 10.5 Å². The standard InChI is InChI=1S/C16H26N2O/c1-12(2)13-9-16(10-13,11-17)18(3)14-5-7-15(19-4)8-6-14/h5-8,12-13H,9-11,17H2,1-4H3. The van der Waals surface area contributed by atoms with Gasteiger partial charge in [0.1, 0.15) is 5.75 Å². The first-order chi connectivity index (χ1) is 9.02. The van der Waals surface area contributed by atoms with Gasteiger partial charge in [0.25, 0.3) is 0 Å². The first-order valence-electron chi connectivity index (χ1n) is 7.10. The van der Waals surface area contributed by atoms with Gasteiger partial charge in [0.05, 0.1) is 12.6 Å². The van der Waals surface area contributed by atoms with Crippen molar-refractivity contribution in [2.24, 2.45) is 17.6 Å². The van der Waals surface area contributed by atoms with E-state index >= 15 is 0 Å². The van der Waals surface area contributed by atoms with Crippen molar-refractivity contribution in [1.29, 1.82) is 0 Å². The lowest BCUT2D eigenvalue weighted by Crippen LogP contribution is -2.61. The molecule has 19 heavy (non-hydrogen) atoms. The molecule has 0 bridgehead atoms. The number of likely N-dealkylation sites (N-methyl/N-ethyl adjacent to an activating group) is 1. The molecule has 0 aliphatic heterocycles. The highest BCUT2D eigenvalue weighted by atomic mass is 16.5. The van der Waals surface area contributed by atoms with Gasteiger partial charge in [-0.2, -0.15) is 0 Å². The number of nitrogens with zero attached hydrogens (tertiary/aromatic N) is 1. The molecule has 3 nitrogen and oxygen atoms in total. The zero-order valence-corrected chi connectivity index (χ0v) is 12.5. The van der Waals surface area contributed by atoms with E-state index in [0.717, 1.165) is 24.1 Å². The number of rotatable bonds is 5. The molecule has 0 amide bonds. The van der Waals surface area contributed by atoms with Gasteiger partial charge in [-0.3, -0.25) is 0 Å². The number of methoxy groups -OCH3 is 1. The molecule has 0 heterocycles. The molecule has 1 fully saturated rings. The summed E-state index contributed by atoms with van der Waals surface area (Å²) in [6, 6.07) is 8.24. The Hall–Kier alpha value is -1.22. The maximum absolute atomic E-state index is 6.06. The topological polar surface area (TPSA) is 38.5 Å². The van der Waals surface area contributed by atoms with E-state index in [0.29, 0.717) is 0 Å². The van der Waals surface area contributed by atoms with Crippen molar-refractivity contribution < 1.29 is 4.74 Å². The van der Waals surface area contributed by atoms with Crippen LogP contribution in [0.1, 0.15) is 26.7 Å². The summed E-state index contributed by atoms with van der Waals surface area (Å²) in [5.74, 6) is 2.46. The van der Waals surface area contributed by atoms with Crippen molar-refractivity contribution in [3.8, 4) is 5.75 Å². The van der Waals surface area contributed by atoms with Crippen molar-refractivity contribution in [3.05, 3.63) is 24.3 Å². The Kier molecular flexibility index (Phi) is 4.04. The average molecular weight is 262 g/mol. The third-order valence-electron chi connectivity index (χ3n) is 4.78. The predicted molar refractivity (Wildman–Crippen MR) is 80.7 cm³/mol. The molecule has 3 heteroatoms. The van der Waals surface area contributed by atoms with E-state index in [2.05, 4.69) is 37.9 Å². The first kappa shape index (κ1) is 14.2. The van der Waals surface area contributed by atoms with E-state index < -0.39 is 0 Å². The normalized spacial score (nSPS) is 26.1. The monoisotopic (exact) mass is 262 g/mol. The fraction of sp³-hybridized carbons (Fsp3) is 0.625. The van der Waals surface area contributed by atoms with Crippen molar-refractivity contribution in [3.63, 3.8) is 0 Å². The fourth-order valence-corrected chi connectivity index (χ4v) is 3.04. The molecule has 0 radical (unpaired) electrons. The van der Waals surface area contributed by atoms with E-state index in [1.54, 1.807) is 7.11 Å². The number of benzene rings is 1. The Morgan fingerprint density at radius 2 is 1.89 bits per heavy atom. The van der Waals surface area contributed by atoms with Crippen LogP contribution in [0.4, 0.5) is 5.69 Å². The van der Waals surface area contributed by atoms with Gasteiger partial charge < -0.3 is 15.4 Å². The zero-order valence-electron chi connectivity index (χ0n) is 12.5. The molecule has 1 aromatic carbocycles. The second kappa shape index (κ2) is 5.41. The summed E-state index contributed by atoms with van der Waals surface area (Å²) in [5.41, 5.74) is 7.42. The van der Waals surface area contributed by atoms with Crippen LogP contribution in [0.2, 0.25) is 0 Å². The smallest absolute Gasteiger partial charge is 0.119 e. The Morgan fingerprint density at radius 3 is 2.32 bits per heavy atom. The Labute approximate surface area is 116 Å². The van der Waals surface area contributed by atoms with E-state index in [1.807, 2.05) is 12.1 Å². The number of anilines is 1. The second-order valence-electron chi connectivity index (χ2n) is 6.10. The summed E-state index contributed by atoms with van der Waals surface area (Å²) >= 11 is 0. The SMILES string of the molecule is COc1ccc(N(C)C2(CN)CC(C(C)C)C2)cc1. The van der Waals surface area contributed by atoms with E-state index in [9.17, 15) is 0 Å². The minimum atomic E-state index is 0.142. The molecular formula is C16H26N2O. The number of nitrogens with two attached hydrogens (primary N) is 1. The molecule has 2 rings (SSSR count). The molecule has 0 spiro atoms. The molecule has 0 atom stereocenters. The van der Waals surface area contributed by atoms with Crippen LogP contribution in [0.5, 0.6) is 5.75 Å². The highest BCUT2D eigenvalue weighted by Gasteiger charge is 2.47. The Bertz CT molecular complexity index is 407. The average Bonchev–Trinajstić information content (AvgIpc) is 2.37. The minimum absolute atomic E-state index is 0.142. The highest BCUT2D eigenvalue weighted by molar-refractivity contribution is 5.51. The quantitative estimate of drug-likeness (QED) is 0.886. The minimum Gasteiger partial charge on any atom is -0.497 e. The fourth-order valence-electron chi connectivity index (χ4n) is 3.04. The van der Waals surface area contributed by atoms with E-state index in [1.165, 1.54) is 18.5 Å². The van der Waals surface area contributed by atoms with Gasteiger partial charge in [-0.25, -0.2) is 0 Å².